The number of rotatable bonds is 3. The molecule has 0 saturated heterocycles. The van der Waals surface area contributed by atoms with Gasteiger partial charge in [0.2, 0.25) is 0 Å². The molecule has 1 saturated carbocycles. The molecule has 1 aliphatic rings. The Labute approximate surface area is 54.2 Å². The topological polar surface area (TPSA) is 29.4 Å². The minimum absolute atomic E-state index is 0.00417. The molecule has 1 rings (SSSR count). The second kappa shape index (κ2) is 2.13. The van der Waals surface area contributed by atoms with Crippen molar-refractivity contribution in [3.05, 3.63) is 29.7 Å². The van der Waals surface area contributed by atoms with Crippen LogP contribution in [0.2, 0.25) is 0 Å². The standard InChI is InChI=1S/C7H9NO/c1-3-5(2)6-4-7(6)8-9/h3,6-7H,1-2,4H2. The molecule has 0 heterocycles. The Morgan fingerprint density at radius 1 is 1.78 bits per heavy atom. The minimum atomic E-state index is -0.00417. The average Bonchev–Trinajstić information content (AvgIpc) is 2.64. The first-order chi connectivity index (χ1) is 4.29. The molecule has 1 aliphatic carbocycles. The van der Waals surface area contributed by atoms with Gasteiger partial charge in [-0.15, -0.1) is 0 Å². The lowest BCUT2D eigenvalue weighted by molar-refractivity contribution is 0.938. The van der Waals surface area contributed by atoms with Crippen LogP contribution in [-0.2, 0) is 0 Å². The van der Waals surface area contributed by atoms with Crippen LogP contribution in [0, 0.1) is 10.8 Å². The number of hydrogen-bond acceptors (Lipinski definition) is 2. The maximum absolute atomic E-state index is 9.87. The molecule has 0 aliphatic heterocycles. The highest BCUT2D eigenvalue weighted by Crippen LogP contribution is 2.39. The molecular formula is C7H9NO. The van der Waals surface area contributed by atoms with E-state index in [1.54, 1.807) is 6.08 Å². The second-order valence-electron chi connectivity index (χ2n) is 2.29. The van der Waals surface area contributed by atoms with Crippen molar-refractivity contribution in [3.8, 4) is 0 Å². The second-order valence-corrected chi connectivity index (χ2v) is 2.29. The summed E-state index contributed by atoms with van der Waals surface area (Å²) in [7, 11) is 0. The van der Waals surface area contributed by atoms with Crippen LogP contribution in [0.1, 0.15) is 6.42 Å². The minimum Gasteiger partial charge on any atom is -0.150 e. The highest BCUT2D eigenvalue weighted by atomic mass is 16.3. The van der Waals surface area contributed by atoms with E-state index >= 15 is 0 Å². The van der Waals surface area contributed by atoms with E-state index in [4.69, 9.17) is 0 Å². The molecule has 2 unspecified atom stereocenters. The van der Waals surface area contributed by atoms with Crippen molar-refractivity contribution in [1.82, 2.24) is 0 Å². The molecule has 2 nitrogen and oxygen atoms in total. The van der Waals surface area contributed by atoms with E-state index in [-0.39, 0.29) is 6.04 Å². The Hall–Kier alpha value is -0.920. The van der Waals surface area contributed by atoms with Gasteiger partial charge in [0.15, 0.2) is 0 Å². The van der Waals surface area contributed by atoms with Gasteiger partial charge in [-0.3, -0.25) is 0 Å². The van der Waals surface area contributed by atoms with E-state index < -0.39 is 0 Å². The highest BCUT2D eigenvalue weighted by Gasteiger charge is 2.39. The predicted molar refractivity (Wildman–Crippen MR) is 37.0 cm³/mol. The summed E-state index contributed by atoms with van der Waals surface area (Å²) in [5, 5.41) is 2.89. The number of nitroso groups, excluding NO2 is 1. The van der Waals surface area contributed by atoms with Gasteiger partial charge in [-0.1, -0.05) is 30.0 Å². The summed E-state index contributed by atoms with van der Waals surface area (Å²) in [6.45, 7) is 7.26. The summed E-state index contributed by atoms with van der Waals surface area (Å²) in [4.78, 5) is 9.87. The van der Waals surface area contributed by atoms with Gasteiger partial charge in [0, 0.05) is 5.92 Å². The van der Waals surface area contributed by atoms with Crippen LogP contribution in [0.5, 0.6) is 0 Å². The lowest BCUT2D eigenvalue weighted by atomic mass is 10.2. The fraction of sp³-hybridized carbons (Fsp3) is 0.429. The van der Waals surface area contributed by atoms with Gasteiger partial charge in [-0.2, -0.15) is 4.91 Å². The van der Waals surface area contributed by atoms with Gasteiger partial charge in [-0.25, -0.2) is 0 Å². The Kier molecular flexibility index (Phi) is 1.47. The Morgan fingerprint density at radius 3 is 2.78 bits per heavy atom. The molecule has 48 valence electrons. The maximum atomic E-state index is 9.87. The highest BCUT2D eigenvalue weighted by molar-refractivity contribution is 5.24. The Morgan fingerprint density at radius 2 is 2.44 bits per heavy atom. The van der Waals surface area contributed by atoms with Crippen molar-refractivity contribution < 1.29 is 0 Å². The van der Waals surface area contributed by atoms with Gasteiger partial charge in [0.25, 0.3) is 0 Å². The third kappa shape index (κ3) is 1.07. The van der Waals surface area contributed by atoms with E-state index in [1.165, 1.54) is 0 Å². The molecule has 0 aromatic rings. The van der Waals surface area contributed by atoms with Gasteiger partial charge in [-0.05, 0) is 6.42 Å². The van der Waals surface area contributed by atoms with Gasteiger partial charge in [0.1, 0.15) is 0 Å². The van der Waals surface area contributed by atoms with Crippen molar-refractivity contribution in [1.29, 1.82) is 0 Å². The first kappa shape index (κ1) is 6.20. The Bertz CT molecular complexity index is 162. The van der Waals surface area contributed by atoms with Gasteiger partial charge in [0.05, 0.1) is 6.04 Å². The third-order valence-electron chi connectivity index (χ3n) is 1.63. The molecule has 0 aromatic carbocycles. The third-order valence-corrected chi connectivity index (χ3v) is 1.63. The zero-order chi connectivity index (χ0) is 6.85. The summed E-state index contributed by atoms with van der Waals surface area (Å²) in [6, 6.07) is -0.00417. The SMILES string of the molecule is C=CC(=C)C1CC1N=O. The number of allylic oxidation sites excluding steroid dienone is 1. The summed E-state index contributed by atoms with van der Waals surface area (Å²) in [6.07, 6.45) is 2.56. The first-order valence-electron chi connectivity index (χ1n) is 2.93. The van der Waals surface area contributed by atoms with Crippen LogP contribution in [0.15, 0.2) is 30.0 Å². The molecule has 9 heavy (non-hydrogen) atoms. The fourth-order valence-corrected chi connectivity index (χ4v) is 0.848. The van der Waals surface area contributed by atoms with Crippen molar-refractivity contribution in [2.75, 3.05) is 0 Å². The van der Waals surface area contributed by atoms with E-state index in [0.29, 0.717) is 5.92 Å². The fourth-order valence-electron chi connectivity index (χ4n) is 0.848. The van der Waals surface area contributed by atoms with Crippen molar-refractivity contribution in [3.63, 3.8) is 0 Å². The van der Waals surface area contributed by atoms with Crippen molar-refractivity contribution in [2.24, 2.45) is 11.1 Å². The van der Waals surface area contributed by atoms with Crippen LogP contribution in [0.3, 0.4) is 0 Å². The molecule has 1 fully saturated rings. The van der Waals surface area contributed by atoms with E-state index in [9.17, 15) is 4.91 Å². The predicted octanol–water partition coefficient (Wildman–Crippen LogP) is 1.88. The van der Waals surface area contributed by atoms with Gasteiger partial charge >= 0.3 is 0 Å². The summed E-state index contributed by atoms with van der Waals surface area (Å²) in [5.74, 6) is 0.306. The monoisotopic (exact) mass is 123 g/mol. The van der Waals surface area contributed by atoms with Crippen LogP contribution in [0.4, 0.5) is 0 Å². The van der Waals surface area contributed by atoms with Crippen LogP contribution in [0.25, 0.3) is 0 Å². The molecule has 2 heteroatoms. The zero-order valence-corrected chi connectivity index (χ0v) is 5.21. The molecule has 0 bridgehead atoms. The number of nitrogens with zero attached hydrogens (tertiary/aromatic N) is 1. The smallest absolute Gasteiger partial charge is 0.0995 e. The van der Waals surface area contributed by atoms with Crippen molar-refractivity contribution in [2.45, 2.75) is 12.5 Å². The molecule has 0 aromatic heterocycles. The number of hydrogen-bond donors (Lipinski definition) is 0. The van der Waals surface area contributed by atoms with Crippen molar-refractivity contribution >= 4 is 0 Å². The quantitative estimate of drug-likeness (QED) is 0.416. The molecule has 0 radical (unpaired) electrons. The molecule has 2 atom stereocenters. The normalized spacial score (nSPS) is 31.1. The lowest BCUT2D eigenvalue weighted by Crippen LogP contribution is -1.83. The van der Waals surface area contributed by atoms with E-state index in [2.05, 4.69) is 18.3 Å². The largest absolute Gasteiger partial charge is 0.150 e. The van der Waals surface area contributed by atoms with Gasteiger partial charge < -0.3 is 0 Å². The molecule has 0 N–H and O–H groups in total. The van der Waals surface area contributed by atoms with Crippen LogP contribution < -0.4 is 0 Å². The Balaban J connectivity index is 2.41. The summed E-state index contributed by atoms with van der Waals surface area (Å²) in [5.41, 5.74) is 0.944. The lowest BCUT2D eigenvalue weighted by Gasteiger charge is -1.89. The summed E-state index contributed by atoms with van der Waals surface area (Å²) < 4.78 is 0. The van der Waals surface area contributed by atoms with Crippen LogP contribution >= 0.6 is 0 Å². The van der Waals surface area contributed by atoms with E-state index in [0.717, 1.165) is 12.0 Å². The zero-order valence-electron chi connectivity index (χ0n) is 5.21. The van der Waals surface area contributed by atoms with Crippen LogP contribution in [-0.4, -0.2) is 6.04 Å². The van der Waals surface area contributed by atoms with E-state index in [1.807, 2.05) is 0 Å². The summed E-state index contributed by atoms with van der Waals surface area (Å²) >= 11 is 0. The first-order valence-corrected chi connectivity index (χ1v) is 2.93. The molecular weight excluding hydrogens is 114 g/mol. The maximum Gasteiger partial charge on any atom is 0.0995 e. The average molecular weight is 123 g/mol. The molecule has 0 spiro atoms. The molecule has 0 amide bonds.